The van der Waals surface area contributed by atoms with Crippen LogP contribution in [0.25, 0.3) is 0 Å². The number of hydrogen-bond donors (Lipinski definition) is 1. The normalized spacial score (nSPS) is 16.6. The summed E-state index contributed by atoms with van der Waals surface area (Å²) in [6, 6.07) is 0. The van der Waals surface area contributed by atoms with Crippen LogP contribution in [-0.4, -0.2) is 48.8 Å². The average Bonchev–Trinajstić information content (AvgIpc) is 2.60. The van der Waals surface area contributed by atoms with E-state index in [1.807, 2.05) is 0 Å². The topological polar surface area (TPSA) is 142 Å². The Bertz CT molecular complexity index is 451. The van der Waals surface area contributed by atoms with Crippen LogP contribution in [0.2, 0.25) is 0 Å². The van der Waals surface area contributed by atoms with E-state index in [1.165, 1.54) is 0 Å². The minimum absolute atomic E-state index is 0.0999. The molecule has 0 rings (SSSR count). The molecule has 0 aliphatic heterocycles. The number of carbonyl (C=O) groups is 1. The molecule has 0 aromatic carbocycles. The summed E-state index contributed by atoms with van der Waals surface area (Å²) in [4.78, 5) is 10.4. The Kier molecular flexibility index (Phi) is 20.3. The fraction of sp³-hybridized carbons (Fsp3) is 0.917. The van der Waals surface area contributed by atoms with Crippen LogP contribution < -0.4 is 0 Å². The van der Waals surface area contributed by atoms with Crippen LogP contribution in [0.4, 0.5) is 0 Å². The first-order valence-electron chi connectivity index (χ1n) is 8.11. The first-order chi connectivity index (χ1) is 12.2. The molecule has 0 spiro atoms. The second-order valence-electron chi connectivity index (χ2n) is 4.57. The molecule has 10 nitrogen and oxygen atoms in total. The SMILES string of the molecule is CC[PH](=O)OC(CC(=O)O)O[PH](=O)CC.CC[PH](=O)OCO[PH](=O)CC. The maximum absolute atomic E-state index is 11.1. The van der Waals surface area contributed by atoms with E-state index in [0.29, 0.717) is 24.6 Å². The molecule has 0 saturated heterocycles. The van der Waals surface area contributed by atoms with Crippen LogP contribution in [0.1, 0.15) is 34.1 Å². The average molecular weight is 458 g/mol. The van der Waals surface area contributed by atoms with Gasteiger partial charge in [0.1, 0.15) is 0 Å². The van der Waals surface area contributed by atoms with E-state index in [2.05, 4.69) is 0 Å². The molecule has 26 heavy (non-hydrogen) atoms. The van der Waals surface area contributed by atoms with Crippen molar-refractivity contribution < 1.29 is 46.3 Å². The molecule has 0 heterocycles. The number of carboxylic acids is 1. The molecule has 0 aromatic heterocycles. The summed E-state index contributed by atoms with van der Waals surface area (Å²) in [7, 11) is -8.43. The summed E-state index contributed by atoms with van der Waals surface area (Å²) in [6.07, 6.45) is -0.0104. The molecule has 0 aliphatic rings. The summed E-state index contributed by atoms with van der Waals surface area (Å²) in [5.41, 5.74) is 0. The van der Waals surface area contributed by atoms with Crippen molar-refractivity contribution in [2.75, 3.05) is 31.4 Å². The molecule has 0 amide bonds. The highest BCUT2D eigenvalue weighted by atomic mass is 31.1. The molecule has 0 aromatic rings. The van der Waals surface area contributed by atoms with Crippen LogP contribution >= 0.6 is 32.1 Å². The van der Waals surface area contributed by atoms with Crippen molar-refractivity contribution in [3.63, 3.8) is 0 Å². The molecule has 0 radical (unpaired) electrons. The van der Waals surface area contributed by atoms with Gasteiger partial charge in [0, 0.05) is 24.6 Å². The van der Waals surface area contributed by atoms with E-state index in [9.17, 15) is 23.1 Å². The molecule has 1 N–H and O–H groups in total. The van der Waals surface area contributed by atoms with Gasteiger partial charge in [-0.15, -0.1) is 0 Å². The molecule has 158 valence electrons. The van der Waals surface area contributed by atoms with E-state index in [4.69, 9.17) is 23.2 Å². The Balaban J connectivity index is 0. The first kappa shape index (κ1) is 28.4. The summed E-state index contributed by atoms with van der Waals surface area (Å²) in [6.45, 7) is 6.75. The third kappa shape index (κ3) is 19.0. The van der Waals surface area contributed by atoms with E-state index in [1.54, 1.807) is 27.7 Å². The number of rotatable bonds is 14. The highest BCUT2D eigenvalue weighted by molar-refractivity contribution is 7.40. The van der Waals surface area contributed by atoms with E-state index in [0.717, 1.165) is 0 Å². The molecule has 0 saturated carbocycles. The van der Waals surface area contributed by atoms with Gasteiger partial charge in [0.15, 0.2) is 45.2 Å². The molecule has 4 unspecified atom stereocenters. The lowest BCUT2D eigenvalue weighted by molar-refractivity contribution is -0.142. The summed E-state index contributed by atoms with van der Waals surface area (Å²) in [5, 5.41) is 8.51. The maximum atomic E-state index is 11.1. The first-order valence-corrected chi connectivity index (χ1v) is 14.2. The Hall–Kier alpha value is 0.230. The molecular formula is C12H30O10P4. The Labute approximate surface area is 156 Å². The van der Waals surface area contributed by atoms with Crippen molar-refractivity contribution in [3.8, 4) is 0 Å². The molecule has 0 fully saturated rings. The fourth-order valence-electron chi connectivity index (χ4n) is 1.07. The van der Waals surface area contributed by atoms with Crippen LogP contribution in [0.3, 0.4) is 0 Å². The van der Waals surface area contributed by atoms with Crippen molar-refractivity contribution >= 4 is 38.1 Å². The van der Waals surface area contributed by atoms with E-state index >= 15 is 0 Å². The van der Waals surface area contributed by atoms with Crippen LogP contribution in [-0.2, 0) is 41.1 Å². The lowest BCUT2D eigenvalue weighted by atomic mass is 10.4. The molecule has 4 atom stereocenters. The van der Waals surface area contributed by atoms with Crippen molar-refractivity contribution in [2.24, 2.45) is 0 Å². The van der Waals surface area contributed by atoms with Crippen molar-refractivity contribution in [1.82, 2.24) is 0 Å². The van der Waals surface area contributed by atoms with Gasteiger partial charge in [-0.2, -0.15) is 0 Å². The van der Waals surface area contributed by atoms with Gasteiger partial charge < -0.3 is 14.2 Å². The molecule has 0 bridgehead atoms. The Morgan fingerprint density at radius 2 is 1.12 bits per heavy atom. The van der Waals surface area contributed by atoms with Gasteiger partial charge in [-0.05, 0) is 0 Å². The lowest BCUT2D eigenvalue weighted by Gasteiger charge is -2.15. The number of carboxylic acid groups (broad SMARTS) is 1. The lowest BCUT2D eigenvalue weighted by Crippen LogP contribution is -2.16. The third-order valence-corrected chi connectivity index (χ3v) is 6.70. The fourth-order valence-corrected chi connectivity index (χ4v) is 3.26. The monoisotopic (exact) mass is 458 g/mol. The standard InChI is InChI=1S/C7H16O6P2.C5H14O4P2/c1-3-14(10)12-7(5-6(8)9)13-15(11)4-2;1-3-10(6)8-5-9-11(7)4-2/h7,14-15H,3-5H2,1-2H3,(H,8,9);10-11H,3-5H2,1-2H3. The van der Waals surface area contributed by atoms with Gasteiger partial charge in [0.25, 0.3) is 0 Å². The maximum Gasteiger partial charge on any atom is 0.308 e. The second-order valence-corrected chi connectivity index (χ2v) is 11.4. The van der Waals surface area contributed by atoms with Crippen molar-refractivity contribution in [1.29, 1.82) is 0 Å². The van der Waals surface area contributed by atoms with Crippen LogP contribution in [0.5, 0.6) is 0 Å². The van der Waals surface area contributed by atoms with Crippen molar-refractivity contribution in [3.05, 3.63) is 0 Å². The smallest absolute Gasteiger partial charge is 0.308 e. The van der Waals surface area contributed by atoms with Gasteiger partial charge in [-0.1, -0.05) is 27.7 Å². The van der Waals surface area contributed by atoms with Crippen LogP contribution in [0.15, 0.2) is 0 Å². The van der Waals surface area contributed by atoms with E-state index in [-0.39, 0.29) is 6.79 Å². The highest BCUT2D eigenvalue weighted by Crippen LogP contribution is 2.32. The van der Waals surface area contributed by atoms with E-state index < -0.39 is 50.8 Å². The largest absolute Gasteiger partial charge is 0.481 e. The van der Waals surface area contributed by atoms with Crippen molar-refractivity contribution in [2.45, 2.75) is 40.4 Å². The zero-order valence-corrected chi connectivity index (χ0v) is 19.4. The van der Waals surface area contributed by atoms with Gasteiger partial charge >= 0.3 is 5.97 Å². The number of aliphatic carboxylic acids is 1. The highest BCUT2D eigenvalue weighted by Gasteiger charge is 2.18. The second kappa shape index (κ2) is 18.6. The quantitative estimate of drug-likeness (QED) is 0.302. The summed E-state index contributed by atoms with van der Waals surface area (Å²) >= 11 is 0. The zero-order chi connectivity index (χ0) is 20.5. The minimum atomic E-state index is -2.29. The Morgan fingerprint density at radius 1 is 0.769 bits per heavy atom. The zero-order valence-electron chi connectivity index (χ0n) is 15.4. The number of hydrogen-bond acceptors (Lipinski definition) is 9. The van der Waals surface area contributed by atoms with Gasteiger partial charge in [-0.25, -0.2) is 0 Å². The molecular weight excluding hydrogens is 428 g/mol. The third-order valence-electron chi connectivity index (χ3n) is 2.46. The van der Waals surface area contributed by atoms with Gasteiger partial charge in [0.2, 0.25) is 0 Å². The predicted molar refractivity (Wildman–Crippen MR) is 103 cm³/mol. The molecule has 0 aliphatic carbocycles. The molecule has 14 heteroatoms. The Morgan fingerprint density at radius 3 is 1.38 bits per heavy atom. The summed E-state index contributed by atoms with van der Waals surface area (Å²) in [5.74, 6) is -1.14. The summed E-state index contributed by atoms with van der Waals surface area (Å²) < 4.78 is 62.6. The predicted octanol–water partition coefficient (Wildman–Crippen LogP) is 3.78. The minimum Gasteiger partial charge on any atom is -0.481 e. The van der Waals surface area contributed by atoms with Gasteiger partial charge in [0.05, 0.1) is 6.42 Å². The van der Waals surface area contributed by atoms with Crippen LogP contribution in [0, 0.1) is 0 Å². The van der Waals surface area contributed by atoms with Gasteiger partial charge in [-0.3, -0.25) is 32.1 Å².